The number of rotatable bonds is 2. The first-order valence-electron chi connectivity index (χ1n) is 7.50. The van der Waals surface area contributed by atoms with Crippen molar-refractivity contribution in [3.63, 3.8) is 0 Å². The van der Waals surface area contributed by atoms with Crippen molar-refractivity contribution < 1.29 is 9.26 Å². The Balaban J connectivity index is 1.57. The number of benzene rings is 1. The number of nitrogens with zero attached hydrogens (tertiary/aromatic N) is 2. The summed E-state index contributed by atoms with van der Waals surface area (Å²) >= 11 is 0. The van der Waals surface area contributed by atoms with Gasteiger partial charge in [0.05, 0.1) is 17.9 Å². The molecule has 0 amide bonds. The van der Waals surface area contributed by atoms with E-state index >= 15 is 0 Å². The van der Waals surface area contributed by atoms with Crippen molar-refractivity contribution in [3.05, 3.63) is 41.5 Å². The summed E-state index contributed by atoms with van der Waals surface area (Å²) in [5.74, 6) is 2.67. The summed E-state index contributed by atoms with van der Waals surface area (Å²) in [7, 11) is 0. The number of aromatic nitrogens is 2. The first-order valence-corrected chi connectivity index (χ1v) is 7.50. The molecule has 0 radical (unpaired) electrons. The highest BCUT2D eigenvalue weighted by Crippen LogP contribution is 2.33. The SMILES string of the molecule is CC1(c2nc(C3COc4ccccc4C3)no2)CCNC1. The van der Waals surface area contributed by atoms with E-state index in [1.807, 2.05) is 18.2 Å². The Morgan fingerprint density at radius 3 is 3.10 bits per heavy atom. The zero-order valence-corrected chi connectivity index (χ0v) is 12.1. The van der Waals surface area contributed by atoms with Crippen molar-refractivity contribution in [1.82, 2.24) is 15.5 Å². The van der Waals surface area contributed by atoms with Crippen molar-refractivity contribution in [1.29, 1.82) is 0 Å². The monoisotopic (exact) mass is 285 g/mol. The third-order valence-electron chi connectivity index (χ3n) is 4.57. The van der Waals surface area contributed by atoms with Crippen molar-refractivity contribution in [2.45, 2.75) is 31.1 Å². The van der Waals surface area contributed by atoms with Crippen LogP contribution in [0.4, 0.5) is 0 Å². The number of hydrogen-bond donors (Lipinski definition) is 1. The van der Waals surface area contributed by atoms with Gasteiger partial charge in [0.2, 0.25) is 5.89 Å². The molecule has 1 saturated heterocycles. The summed E-state index contributed by atoms with van der Waals surface area (Å²) < 4.78 is 11.4. The second-order valence-electron chi connectivity index (χ2n) is 6.26. The van der Waals surface area contributed by atoms with E-state index in [1.54, 1.807) is 0 Å². The predicted octanol–water partition coefficient (Wildman–Crippen LogP) is 2.04. The minimum atomic E-state index is -0.0291. The van der Waals surface area contributed by atoms with Crippen LogP contribution in [0.1, 0.15) is 36.5 Å². The fourth-order valence-electron chi connectivity index (χ4n) is 3.14. The van der Waals surface area contributed by atoms with Crippen LogP contribution in [-0.2, 0) is 11.8 Å². The van der Waals surface area contributed by atoms with E-state index in [2.05, 4.69) is 28.4 Å². The first-order chi connectivity index (χ1) is 10.2. The van der Waals surface area contributed by atoms with Gasteiger partial charge in [0.1, 0.15) is 5.75 Å². The van der Waals surface area contributed by atoms with Crippen LogP contribution < -0.4 is 10.1 Å². The molecule has 5 heteroatoms. The lowest BCUT2D eigenvalue weighted by Gasteiger charge is -2.23. The fourth-order valence-corrected chi connectivity index (χ4v) is 3.14. The average molecular weight is 285 g/mol. The van der Waals surface area contributed by atoms with E-state index in [1.165, 1.54) is 5.56 Å². The molecular weight excluding hydrogens is 266 g/mol. The maximum absolute atomic E-state index is 5.82. The van der Waals surface area contributed by atoms with Crippen LogP contribution in [0.5, 0.6) is 5.75 Å². The Hall–Kier alpha value is -1.88. The van der Waals surface area contributed by atoms with Crippen molar-refractivity contribution >= 4 is 0 Å². The Labute approximate surface area is 123 Å². The van der Waals surface area contributed by atoms with Gasteiger partial charge in [-0.2, -0.15) is 4.98 Å². The summed E-state index contributed by atoms with van der Waals surface area (Å²) in [5.41, 5.74) is 1.19. The van der Waals surface area contributed by atoms with E-state index in [0.29, 0.717) is 6.61 Å². The number of para-hydroxylation sites is 1. The van der Waals surface area contributed by atoms with Gasteiger partial charge in [0, 0.05) is 6.54 Å². The molecule has 4 rings (SSSR count). The van der Waals surface area contributed by atoms with E-state index < -0.39 is 0 Å². The molecule has 0 aliphatic carbocycles. The molecule has 2 atom stereocenters. The fraction of sp³-hybridized carbons (Fsp3) is 0.500. The summed E-state index contributed by atoms with van der Waals surface area (Å²) in [6, 6.07) is 8.15. The van der Waals surface area contributed by atoms with Crippen LogP contribution in [-0.4, -0.2) is 29.8 Å². The van der Waals surface area contributed by atoms with Gasteiger partial charge in [0.15, 0.2) is 5.82 Å². The van der Waals surface area contributed by atoms with Crippen LogP contribution in [0.15, 0.2) is 28.8 Å². The van der Waals surface area contributed by atoms with Crippen LogP contribution in [0, 0.1) is 0 Å². The first kappa shape index (κ1) is 12.8. The molecular formula is C16H19N3O2. The highest BCUT2D eigenvalue weighted by molar-refractivity contribution is 5.36. The number of ether oxygens (including phenoxy) is 1. The van der Waals surface area contributed by atoms with Gasteiger partial charge < -0.3 is 14.6 Å². The molecule has 1 aromatic carbocycles. The second kappa shape index (κ2) is 4.84. The quantitative estimate of drug-likeness (QED) is 0.915. The highest BCUT2D eigenvalue weighted by Gasteiger charge is 2.37. The van der Waals surface area contributed by atoms with E-state index in [9.17, 15) is 0 Å². The van der Waals surface area contributed by atoms with Crippen LogP contribution in [0.3, 0.4) is 0 Å². The van der Waals surface area contributed by atoms with Crippen LogP contribution in [0.2, 0.25) is 0 Å². The Kier molecular flexibility index (Phi) is 2.96. The maximum Gasteiger partial charge on any atom is 0.233 e. The third-order valence-corrected chi connectivity index (χ3v) is 4.57. The number of nitrogens with one attached hydrogen (secondary N) is 1. The van der Waals surface area contributed by atoms with Gasteiger partial charge in [-0.15, -0.1) is 0 Å². The van der Waals surface area contributed by atoms with Gasteiger partial charge in [-0.3, -0.25) is 0 Å². The minimum Gasteiger partial charge on any atom is -0.493 e. The molecule has 5 nitrogen and oxygen atoms in total. The Morgan fingerprint density at radius 1 is 1.33 bits per heavy atom. The highest BCUT2D eigenvalue weighted by atomic mass is 16.5. The Morgan fingerprint density at radius 2 is 2.24 bits per heavy atom. The molecule has 3 heterocycles. The smallest absolute Gasteiger partial charge is 0.233 e. The molecule has 1 N–H and O–H groups in total. The molecule has 0 bridgehead atoms. The maximum atomic E-state index is 5.82. The van der Waals surface area contributed by atoms with E-state index in [0.717, 1.165) is 43.4 Å². The normalized spacial score (nSPS) is 28.1. The lowest BCUT2D eigenvalue weighted by atomic mass is 9.90. The largest absolute Gasteiger partial charge is 0.493 e. The molecule has 0 saturated carbocycles. The number of hydrogen-bond acceptors (Lipinski definition) is 5. The lowest BCUT2D eigenvalue weighted by molar-refractivity contribution is 0.252. The Bertz CT molecular complexity index is 646. The molecule has 110 valence electrons. The summed E-state index contributed by atoms with van der Waals surface area (Å²) in [5, 5.41) is 7.57. The van der Waals surface area contributed by atoms with Gasteiger partial charge in [-0.1, -0.05) is 23.4 Å². The molecule has 2 aliphatic heterocycles. The van der Waals surface area contributed by atoms with Crippen molar-refractivity contribution in [3.8, 4) is 5.75 Å². The van der Waals surface area contributed by atoms with Crippen LogP contribution in [0.25, 0.3) is 0 Å². The summed E-state index contributed by atoms with van der Waals surface area (Å²) in [4.78, 5) is 4.66. The molecule has 2 unspecified atom stereocenters. The van der Waals surface area contributed by atoms with Crippen LogP contribution >= 0.6 is 0 Å². The average Bonchev–Trinajstić information content (AvgIpc) is 3.17. The molecule has 1 fully saturated rings. The standard InChI is InChI=1S/C16H19N3O2/c1-16(6-7-17-10-16)15-18-14(19-21-15)12-8-11-4-2-3-5-13(11)20-9-12/h2-5,12,17H,6-10H2,1H3. The molecule has 1 aromatic heterocycles. The van der Waals surface area contributed by atoms with Crippen molar-refractivity contribution in [2.24, 2.45) is 0 Å². The van der Waals surface area contributed by atoms with E-state index in [4.69, 9.17) is 9.26 Å². The van der Waals surface area contributed by atoms with Gasteiger partial charge in [-0.05, 0) is 37.9 Å². The predicted molar refractivity (Wildman–Crippen MR) is 77.5 cm³/mol. The number of fused-ring (bicyclic) bond motifs is 1. The lowest BCUT2D eigenvalue weighted by Crippen LogP contribution is -2.25. The zero-order chi connectivity index (χ0) is 14.3. The second-order valence-corrected chi connectivity index (χ2v) is 6.26. The van der Waals surface area contributed by atoms with Crippen molar-refractivity contribution in [2.75, 3.05) is 19.7 Å². The molecule has 0 spiro atoms. The molecule has 2 aliphatic rings. The third kappa shape index (κ3) is 2.21. The summed E-state index contributed by atoms with van der Waals surface area (Å²) in [6.45, 7) is 4.70. The molecule has 21 heavy (non-hydrogen) atoms. The minimum absolute atomic E-state index is 0.0291. The van der Waals surface area contributed by atoms with Gasteiger partial charge in [0.25, 0.3) is 0 Å². The molecule has 2 aromatic rings. The van der Waals surface area contributed by atoms with Gasteiger partial charge >= 0.3 is 0 Å². The zero-order valence-electron chi connectivity index (χ0n) is 12.1. The topological polar surface area (TPSA) is 60.2 Å². The van der Waals surface area contributed by atoms with E-state index in [-0.39, 0.29) is 11.3 Å². The van der Waals surface area contributed by atoms with Gasteiger partial charge in [-0.25, -0.2) is 0 Å². The summed E-state index contributed by atoms with van der Waals surface area (Å²) in [6.07, 6.45) is 1.95.